The van der Waals surface area contributed by atoms with E-state index in [1.165, 1.54) is 0 Å². The van der Waals surface area contributed by atoms with Gasteiger partial charge in [-0.1, -0.05) is 12.1 Å². The summed E-state index contributed by atoms with van der Waals surface area (Å²) in [7, 11) is 4.68. The van der Waals surface area contributed by atoms with Crippen molar-refractivity contribution in [2.45, 2.75) is 23.5 Å². The van der Waals surface area contributed by atoms with Gasteiger partial charge in [0.15, 0.2) is 11.5 Å². The van der Waals surface area contributed by atoms with Crippen molar-refractivity contribution in [2.24, 2.45) is 0 Å². The number of rotatable bonds is 9. The van der Waals surface area contributed by atoms with Crippen LogP contribution in [0.1, 0.15) is 24.2 Å². The second-order valence-electron chi connectivity index (χ2n) is 8.22. The molecule has 0 spiro atoms. The summed E-state index contributed by atoms with van der Waals surface area (Å²) < 4.78 is 21.9. The van der Waals surface area contributed by atoms with Crippen LogP contribution in [0.2, 0.25) is 0 Å². The highest BCUT2D eigenvalue weighted by Gasteiger charge is 2.31. The summed E-state index contributed by atoms with van der Waals surface area (Å²) >= 11 is 1.57. The van der Waals surface area contributed by atoms with Crippen LogP contribution in [0, 0.1) is 0 Å². The summed E-state index contributed by atoms with van der Waals surface area (Å²) in [4.78, 5) is 28.9. The third kappa shape index (κ3) is 5.94. The van der Waals surface area contributed by atoms with Crippen LogP contribution in [-0.2, 0) is 9.59 Å². The zero-order valence-corrected chi connectivity index (χ0v) is 22.1. The van der Waals surface area contributed by atoms with Crippen molar-refractivity contribution in [2.75, 3.05) is 44.7 Å². The number of hydrogen-bond acceptors (Lipinski definition) is 7. The van der Waals surface area contributed by atoms with Gasteiger partial charge >= 0.3 is 0 Å². The molecule has 37 heavy (non-hydrogen) atoms. The van der Waals surface area contributed by atoms with Gasteiger partial charge in [-0.2, -0.15) is 0 Å². The van der Waals surface area contributed by atoms with Crippen LogP contribution in [0.4, 0.5) is 11.4 Å². The zero-order chi connectivity index (χ0) is 26.4. The molecule has 1 N–H and O–H groups in total. The fourth-order valence-corrected chi connectivity index (χ4v) is 5.43. The number of nitrogens with one attached hydrogen (secondary N) is 1. The molecule has 1 aliphatic rings. The van der Waals surface area contributed by atoms with Crippen molar-refractivity contribution in [3.8, 4) is 23.0 Å². The molecule has 0 radical (unpaired) electrons. The van der Waals surface area contributed by atoms with Gasteiger partial charge in [-0.3, -0.25) is 9.59 Å². The van der Waals surface area contributed by atoms with Gasteiger partial charge in [0.05, 0.1) is 33.6 Å². The van der Waals surface area contributed by atoms with Crippen LogP contribution in [0.5, 0.6) is 23.0 Å². The first kappa shape index (κ1) is 26.2. The van der Waals surface area contributed by atoms with Crippen molar-refractivity contribution < 1.29 is 28.5 Å². The van der Waals surface area contributed by atoms with Crippen molar-refractivity contribution in [3.05, 3.63) is 66.2 Å². The molecule has 2 amide bonds. The summed E-state index contributed by atoms with van der Waals surface area (Å²) in [6.07, 6.45) is 0.189. The average molecular weight is 523 g/mol. The highest BCUT2D eigenvalue weighted by Crippen LogP contribution is 2.49. The standard InChI is InChI=1S/C28H30N2O6S/c1-5-36-20-12-10-19(11-13-20)29-26(31)17-30-21-8-6-7-9-24(21)37-25(16-27(30)32)18-14-22(33-2)28(35-4)23(15-18)34-3/h6-15,25H,5,16-17H2,1-4H3,(H,29,31)/t25-/m1/s1. The SMILES string of the molecule is CCOc1ccc(NC(=O)CN2C(=O)C[C@H](c3cc(OC)c(OC)c(OC)c3)Sc3ccccc32)cc1. The molecule has 194 valence electrons. The number of methoxy groups -OCH3 is 3. The second kappa shape index (κ2) is 11.9. The maximum Gasteiger partial charge on any atom is 0.244 e. The Morgan fingerprint density at radius 1 is 1.00 bits per heavy atom. The van der Waals surface area contributed by atoms with Gasteiger partial charge in [-0.15, -0.1) is 11.8 Å². The van der Waals surface area contributed by atoms with Crippen molar-refractivity contribution in [1.82, 2.24) is 0 Å². The van der Waals surface area contributed by atoms with Gasteiger partial charge in [-0.05, 0) is 61.0 Å². The van der Waals surface area contributed by atoms with E-state index in [1.54, 1.807) is 62.3 Å². The van der Waals surface area contributed by atoms with E-state index in [0.29, 0.717) is 35.2 Å². The Morgan fingerprint density at radius 2 is 1.68 bits per heavy atom. The predicted octanol–water partition coefficient (Wildman–Crippen LogP) is 5.32. The van der Waals surface area contributed by atoms with E-state index in [0.717, 1.165) is 16.2 Å². The lowest BCUT2D eigenvalue weighted by molar-refractivity contribution is -0.121. The summed E-state index contributed by atoms with van der Waals surface area (Å²) in [5, 5.41) is 2.65. The van der Waals surface area contributed by atoms with Gasteiger partial charge in [0.25, 0.3) is 0 Å². The molecular formula is C28H30N2O6S. The minimum Gasteiger partial charge on any atom is -0.494 e. The number of nitrogens with zero attached hydrogens (tertiary/aromatic N) is 1. The Bertz CT molecular complexity index is 1240. The van der Waals surface area contributed by atoms with Crippen molar-refractivity contribution in [3.63, 3.8) is 0 Å². The Kier molecular flexibility index (Phi) is 8.45. The van der Waals surface area contributed by atoms with E-state index >= 15 is 0 Å². The number of carbonyl (C=O) groups excluding carboxylic acids is 2. The van der Waals surface area contributed by atoms with Gasteiger partial charge < -0.3 is 29.2 Å². The first-order chi connectivity index (χ1) is 18.0. The fraction of sp³-hybridized carbons (Fsp3) is 0.286. The first-order valence-corrected chi connectivity index (χ1v) is 12.7. The van der Waals surface area contributed by atoms with Gasteiger partial charge in [0, 0.05) is 22.3 Å². The van der Waals surface area contributed by atoms with E-state index in [4.69, 9.17) is 18.9 Å². The molecule has 4 rings (SSSR count). The third-order valence-electron chi connectivity index (χ3n) is 5.90. The molecule has 1 aliphatic heterocycles. The maximum atomic E-state index is 13.5. The highest BCUT2D eigenvalue weighted by molar-refractivity contribution is 7.99. The lowest BCUT2D eigenvalue weighted by Crippen LogP contribution is -2.38. The molecule has 0 saturated heterocycles. The summed E-state index contributed by atoms with van der Waals surface area (Å²) in [5.41, 5.74) is 2.20. The molecule has 0 unspecified atom stereocenters. The van der Waals surface area contributed by atoms with Crippen LogP contribution >= 0.6 is 11.8 Å². The second-order valence-corrected chi connectivity index (χ2v) is 9.47. The van der Waals surface area contributed by atoms with Crippen LogP contribution in [0.3, 0.4) is 0 Å². The van der Waals surface area contributed by atoms with E-state index in [1.807, 2.05) is 43.3 Å². The Labute approximate surface area is 220 Å². The van der Waals surface area contributed by atoms with Crippen LogP contribution in [0.15, 0.2) is 65.6 Å². The molecule has 0 aliphatic carbocycles. The fourth-order valence-electron chi connectivity index (χ4n) is 4.17. The molecule has 9 heteroatoms. The largest absolute Gasteiger partial charge is 0.494 e. The Morgan fingerprint density at radius 3 is 2.30 bits per heavy atom. The van der Waals surface area contributed by atoms with Crippen molar-refractivity contribution >= 4 is 35.0 Å². The molecule has 0 bridgehead atoms. The zero-order valence-electron chi connectivity index (χ0n) is 21.3. The molecule has 0 aromatic heterocycles. The number of anilines is 2. The minimum absolute atomic E-state index is 0.106. The summed E-state index contributed by atoms with van der Waals surface area (Å²) in [6, 6.07) is 18.5. The van der Waals surface area contributed by atoms with Crippen LogP contribution in [-0.4, -0.2) is 46.3 Å². The topological polar surface area (TPSA) is 86.3 Å². The van der Waals surface area contributed by atoms with E-state index < -0.39 is 0 Å². The van der Waals surface area contributed by atoms with Crippen LogP contribution < -0.4 is 29.2 Å². The number of ether oxygens (including phenoxy) is 4. The van der Waals surface area contributed by atoms with Gasteiger partial charge in [0.2, 0.25) is 17.6 Å². The highest BCUT2D eigenvalue weighted by atomic mass is 32.2. The number of carbonyl (C=O) groups is 2. The number of benzene rings is 3. The van der Waals surface area contributed by atoms with Crippen molar-refractivity contribution in [1.29, 1.82) is 0 Å². The number of para-hydroxylation sites is 1. The smallest absolute Gasteiger partial charge is 0.244 e. The lowest BCUT2D eigenvalue weighted by Gasteiger charge is -2.22. The quantitative estimate of drug-likeness (QED) is 0.407. The Hall–Kier alpha value is -3.85. The van der Waals surface area contributed by atoms with E-state index in [2.05, 4.69) is 5.32 Å². The minimum atomic E-state index is -0.288. The number of thioether (sulfide) groups is 1. The molecule has 1 heterocycles. The lowest BCUT2D eigenvalue weighted by atomic mass is 10.1. The number of amides is 2. The predicted molar refractivity (Wildman–Crippen MR) is 144 cm³/mol. The first-order valence-electron chi connectivity index (χ1n) is 11.9. The molecule has 3 aromatic rings. The molecule has 8 nitrogen and oxygen atoms in total. The molecule has 0 saturated carbocycles. The normalized spacial score (nSPS) is 14.9. The number of hydrogen-bond donors (Lipinski definition) is 1. The van der Waals surface area contributed by atoms with E-state index in [9.17, 15) is 9.59 Å². The maximum absolute atomic E-state index is 13.5. The Balaban J connectivity index is 1.58. The summed E-state index contributed by atoms with van der Waals surface area (Å²) in [6.45, 7) is 2.37. The molecular weight excluding hydrogens is 492 g/mol. The van der Waals surface area contributed by atoms with Gasteiger partial charge in [0.1, 0.15) is 12.3 Å². The van der Waals surface area contributed by atoms with Crippen LogP contribution in [0.25, 0.3) is 0 Å². The van der Waals surface area contributed by atoms with Gasteiger partial charge in [-0.25, -0.2) is 0 Å². The third-order valence-corrected chi connectivity index (χ3v) is 7.22. The summed E-state index contributed by atoms with van der Waals surface area (Å²) in [5.74, 6) is 1.82. The molecule has 0 fully saturated rings. The molecule has 1 atom stereocenters. The average Bonchev–Trinajstić information content (AvgIpc) is 3.05. The number of fused-ring (bicyclic) bond motifs is 1. The van der Waals surface area contributed by atoms with E-state index in [-0.39, 0.29) is 30.0 Å². The monoisotopic (exact) mass is 522 g/mol. The molecule has 3 aromatic carbocycles.